The minimum absolute atomic E-state index is 0.0815. The third-order valence-electron chi connectivity index (χ3n) is 4.12. The highest BCUT2D eigenvalue weighted by atomic mass is 19.1. The van der Waals surface area contributed by atoms with Crippen LogP contribution in [0.1, 0.15) is 18.5 Å². The molecule has 150 valence electrons. The van der Waals surface area contributed by atoms with Crippen molar-refractivity contribution in [1.82, 2.24) is 0 Å². The standard InChI is InChI=1S/C23H22FNO4/c1-2-27-23(26)21(24)22(25)16-13-14-19(28-17-9-5-3-6-10-17)20(15-16)29-18-11-7-4-8-12-18/h3-15,21-22H,2,25H2,1H3/t21?,22-/m0/s1. The van der Waals surface area contributed by atoms with Gasteiger partial charge in [-0.1, -0.05) is 42.5 Å². The summed E-state index contributed by atoms with van der Waals surface area (Å²) in [7, 11) is 0. The van der Waals surface area contributed by atoms with Gasteiger partial charge in [0, 0.05) is 0 Å². The number of hydrogen-bond acceptors (Lipinski definition) is 5. The number of benzene rings is 3. The van der Waals surface area contributed by atoms with Crippen molar-refractivity contribution in [2.75, 3.05) is 6.61 Å². The van der Waals surface area contributed by atoms with E-state index >= 15 is 0 Å². The molecule has 29 heavy (non-hydrogen) atoms. The molecule has 0 radical (unpaired) electrons. The lowest BCUT2D eigenvalue weighted by Crippen LogP contribution is -2.31. The Morgan fingerprint density at radius 3 is 2.00 bits per heavy atom. The van der Waals surface area contributed by atoms with E-state index in [2.05, 4.69) is 0 Å². The van der Waals surface area contributed by atoms with E-state index in [1.165, 1.54) is 0 Å². The molecule has 2 atom stereocenters. The van der Waals surface area contributed by atoms with Crippen LogP contribution in [0.4, 0.5) is 4.39 Å². The highest BCUT2D eigenvalue weighted by molar-refractivity contribution is 5.75. The second-order valence-electron chi connectivity index (χ2n) is 6.22. The van der Waals surface area contributed by atoms with Gasteiger partial charge < -0.3 is 19.9 Å². The van der Waals surface area contributed by atoms with Crippen LogP contribution >= 0.6 is 0 Å². The Bertz CT molecular complexity index is 934. The molecule has 0 amide bonds. The number of halogens is 1. The number of rotatable bonds is 8. The fourth-order valence-electron chi connectivity index (χ4n) is 2.66. The minimum Gasteiger partial charge on any atom is -0.464 e. The first-order valence-electron chi connectivity index (χ1n) is 9.24. The van der Waals surface area contributed by atoms with Crippen LogP contribution in [-0.4, -0.2) is 18.7 Å². The zero-order valence-corrected chi connectivity index (χ0v) is 16.0. The molecule has 0 bridgehead atoms. The Morgan fingerprint density at radius 2 is 1.45 bits per heavy atom. The normalized spacial score (nSPS) is 12.7. The average Bonchev–Trinajstić information content (AvgIpc) is 2.75. The molecule has 6 heteroatoms. The van der Waals surface area contributed by atoms with Crippen molar-refractivity contribution in [2.24, 2.45) is 5.73 Å². The van der Waals surface area contributed by atoms with Gasteiger partial charge in [0.05, 0.1) is 12.6 Å². The Labute approximate surface area is 168 Å². The number of carbonyl (C=O) groups excluding carboxylic acids is 1. The van der Waals surface area contributed by atoms with E-state index in [4.69, 9.17) is 19.9 Å². The van der Waals surface area contributed by atoms with E-state index in [9.17, 15) is 9.18 Å². The lowest BCUT2D eigenvalue weighted by molar-refractivity contribution is -0.149. The van der Waals surface area contributed by atoms with Gasteiger partial charge in [0.15, 0.2) is 11.5 Å². The Kier molecular flexibility index (Phi) is 6.81. The van der Waals surface area contributed by atoms with E-state index in [-0.39, 0.29) is 6.61 Å². The molecule has 0 fully saturated rings. The summed E-state index contributed by atoms with van der Waals surface area (Å²) < 4.78 is 31.0. The number of alkyl halides is 1. The second kappa shape index (κ2) is 9.71. The molecule has 0 aliphatic rings. The SMILES string of the molecule is CCOC(=O)C(F)[C@@H](N)c1ccc(Oc2ccccc2)c(Oc2ccccc2)c1. The fourth-order valence-corrected chi connectivity index (χ4v) is 2.66. The third-order valence-corrected chi connectivity index (χ3v) is 4.12. The van der Waals surface area contributed by atoms with Gasteiger partial charge in [-0.3, -0.25) is 0 Å². The van der Waals surface area contributed by atoms with Gasteiger partial charge in [0.1, 0.15) is 11.5 Å². The van der Waals surface area contributed by atoms with Gasteiger partial charge in [-0.05, 0) is 48.9 Å². The van der Waals surface area contributed by atoms with Crippen molar-refractivity contribution in [3.63, 3.8) is 0 Å². The maximum Gasteiger partial charge on any atom is 0.342 e. The van der Waals surface area contributed by atoms with Crippen LogP contribution in [0.3, 0.4) is 0 Å². The van der Waals surface area contributed by atoms with Gasteiger partial charge in [-0.15, -0.1) is 0 Å². The predicted molar refractivity (Wildman–Crippen MR) is 108 cm³/mol. The number of para-hydroxylation sites is 2. The Hall–Kier alpha value is -3.38. The smallest absolute Gasteiger partial charge is 0.342 e. The Balaban J connectivity index is 1.91. The van der Waals surface area contributed by atoms with Crippen molar-refractivity contribution >= 4 is 5.97 Å². The van der Waals surface area contributed by atoms with Crippen molar-refractivity contribution in [3.05, 3.63) is 84.4 Å². The molecule has 0 saturated carbocycles. The largest absolute Gasteiger partial charge is 0.464 e. The molecule has 2 N–H and O–H groups in total. The average molecular weight is 395 g/mol. The molecule has 3 aromatic carbocycles. The van der Waals surface area contributed by atoms with E-state index in [1.54, 1.807) is 37.3 Å². The summed E-state index contributed by atoms with van der Waals surface area (Å²) >= 11 is 0. The maximum absolute atomic E-state index is 14.4. The van der Waals surface area contributed by atoms with Crippen molar-refractivity contribution in [1.29, 1.82) is 0 Å². The van der Waals surface area contributed by atoms with Gasteiger partial charge in [-0.25, -0.2) is 9.18 Å². The summed E-state index contributed by atoms with van der Waals surface area (Å²) in [5.74, 6) is 0.998. The van der Waals surface area contributed by atoms with Gasteiger partial charge >= 0.3 is 5.97 Å². The molecule has 0 heterocycles. The van der Waals surface area contributed by atoms with E-state index in [0.717, 1.165) is 0 Å². The molecule has 0 saturated heterocycles. The Morgan fingerprint density at radius 1 is 0.897 bits per heavy atom. The van der Waals surface area contributed by atoms with Gasteiger partial charge in [-0.2, -0.15) is 0 Å². The molecule has 1 unspecified atom stereocenters. The van der Waals surface area contributed by atoms with E-state index in [1.807, 2.05) is 48.5 Å². The highest BCUT2D eigenvalue weighted by Crippen LogP contribution is 2.37. The summed E-state index contributed by atoms with van der Waals surface area (Å²) in [6.45, 7) is 1.69. The molecule has 0 aliphatic heterocycles. The summed E-state index contributed by atoms with van der Waals surface area (Å²) in [5, 5.41) is 0. The number of ether oxygens (including phenoxy) is 3. The first-order chi connectivity index (χ1) is 14.1. The van der Waals surface area contributed by atoms with Crippen molar-refractivity contribution < 1.29 is 23.4 Å². The van der Waals surface area contributed by atoms with Crippen LogP contribution in [0.2, 0.25) is 0 Å². The lowest BCUT2D eigenvalue weighted by atomic mass is 10.0. The summed E-state index contributed by atoms with van der Waals surface area (Å²) in [6.07, 6.45) is -1.99. The molecule has 0 spiro atoms. The molecular weight excluding hydrogens is 373 g/mol. The monoisotopic (exact) mass is 395 g/mol. The second-order valence-corrected chi connectivity index (χ2v) is 6.22. The van der Waals surface area contributed by atoms with Crippen molar-refractivity contribution in [3.8, 4) is 23.0 Å². The third kappa shape index (κ3) is 5.33. The van der Waals surface area contributed by atoms with Crippen LogP contribution in [0.25, 0.3) is 0 Å². The molecule has 0 aliphatic carbocycles. The van der Waals surface area contributed by atoms with Crippen molar-refractivity contribution in [2.45, 2.75) is 19.1 Å². The number of nitrogens with two attached hydrogens (primary N) is 1. The molecule has 3 aromatic rings. The number of carbonyl (C=O) groups is 1. The number of hydrogen-bond donors (Lipinski definition) is 1. The maximum atomic E-state index is 14.4. The molecule has 5 nitrogen and oxygen atoms in total. The summed E-state index contributed by atoms with van der Waals surface area (Å²) in [6, 6.07) is 21.9. The first kappa shape index (κ1) is 20.4. The first-order valence-corrected chi connectivity index (χ1v) is 9.24. The van der Waals surface area contributed by atoms with Gasteiger partial charge in [0.2, 0.25) is 6.17 Å². The molecular formula is C23H22FNO4. The van der Waals surface area contributed by atoms with Crippen LogP contribution in [-0.2, 0) is 9.53 Å². The minimum atomic E-state index is -1.99. The van der Waals surface area contributed by atoms with E-state index < -0.39 is 18.2 Å². The van der Waals surface area contributed by atoms with Crippen LogP contribution in [0.5, 0.6) is 23.0 Å². The lowest BCUT2D eigenvalue weighted by Gasteiger charge is -2.18. The fraction of sp³-hybridized carbons (Fsp3) is 0.174. The van der Waals surface area contributed by atoms with Crippen LogP contribution in [0, 0.1) is 0 Å². The van der Waals surface area contributed by atoms with Crippen LogP contribution in [0.15, 0.2) is 78.9 Å². The summed E-state index contributed by atoms with van der Waals surface area (Å²) in [5.41, 5.74) is 6.35. The van der Waals surface area contributed by atoms with Crippen LogP contribution < -0.4 is 15.2 Å². The quantitative estimate of drug-likeness (QED) is 0.533. The zero-order valence-electron chi connectivity index (χ0n) is 16.0. The molecule has 0 aromatic heterocycles. The molecule has 3 rings (SSSR count). The predicted octanol–water partition coefficient (Wildman–Crippen LogP) is 5.17. The number of esters is 1. The zero-order chi connectivity index (χ0) is 20.6. The topological polar surface area (TPSA) is 70.8 Å². The van der Waals surface area contributed by atoms with Gasteiger partial charge in [0.25, 0.3) is 0 Å². The summed E-state index contributed by atoms with van der Waals surface area (Å²) in [4.78, 5) is 11.7. The van der Waals surface area contributed by atoms with E-state index in [0.29, 0.717) is 28.6 Å². The highest BCUT2D eigenvalue weighted by Gasteiger charge is 2.28.